The maximum Gasteiger partial charge on any atom is 0.335 e. The van der Waals surface area contributed by atoms with Gasteiger partial charge in [-0.1, -0.05) is 5.92 Å². The molecule has 0 fully saturated rings. The van der Waals surface area contributed by atoms with E-state index in [0.29, 0.717) is 22.2 Å². The number of methoxy groups -OCH3 is 2. The number of rotatable bonds is 6. The van der Waals surface area contributed by atoms with Gasteiger partial charge in [0, 0.05) is 29.1 Å². The Bertz CT molecular complexity index is 1060. The molecule has 28 heavy (non-hydrogen) atoms. The summed E-state index contributed by atoms with van der Waals surface area (Å²) in [6.45, 7) is 0. The molecule has 0 unspecified atom stereocenters. The fraction of sp³-hybridized carbons (Fsp3) is 0.105. The predicted molar refractivity (Wildman–Crippen MR) is 108 cm³/mol. The molecule has 9 heteroatoms. The van der Waals surface area contributed by atoms with Crippen molar-refractivity contribution < 1.29 is 19.4 Å². The van der Waals surface area contributed by atoms with Crippen molar-refractivity contribution in [1.82, 2.24) is 9.97 Å². The second-order valence-electron chi connectivity index (χ2n) is 5.28. The number of hydrogen-bond acceptors (Lipinski definition) is 8. The van der Waals surface area contributed by atoms with Crippen LogP contribution in [-0.4, -0.2) is 35.3 Å². The maximum absolute atomic E-state index is 11.0. The highest BCUT2D eigenvalue weighted by molar-refractivity contribution is 8.00. The van der Waals surface area contributed by atoms with Crippen LogP contribution < -0.4 is 14.2 Å². The summed E-state index contributed by atoms with van der Waals surface area (Å²) >= 11 is 2.71. The second kappa shape index (κ2) is 9.12. The number of pyridine rings is 1. The summed E-state index contributed by atoms with van der Waals surface area (Å²) in [5.41, 5.74) is 1.55. The highest BCUT2D eigenvalue weighted by atomic mass is 32.2. The fourth-order valence-corrected chi connectivity index (χ4v) is 3.54. The van der Waals surface area contributed by atoms with Gasteiger partial charge in [-0.3, -0.25) is 4.98 Å². The number of aromatic nitrogens is 2. The van der Waals surface area contributed by atoms with E-state index in [-0.39, 0.29) is 5.56 Å². The Balaban J connectivity index is 1.67. The maximum atomic E-state index is 11.0. The molecule has 0 spiro atoms. The lowest BCUT2D eigenvalue weighted by Crippen LogP contribution is -1.99. The van der Waals surface area contributed by atoms with E-state index in [1.807, 2.05) is 5.38 Å². The Morgan fingerprint density at radius 2 is 2.07 bits per heavy atom. The van der Waals surface area contributed by atoms with Crippen LogP contribution in [0.1, 0.15) is 20.9 Å². The lowest BCUT2D eigenvalue weighted by Gasteiger charge is -2.10. The summed E-state index contributed by atoms with van der Waals surface area (Å²) < 4.78 is 13.5. The van der Waals surface area contributed by atoms with Gasteiger partial charge >= 0.3 is 5.97 Å². The summed E-state index contributed by atoms with van der Waals surface area (Å²) in [5.74, 6) is 6.09. The molecule has 0 saturated carbocycles. The molecule has 1 aromatic carbocycles. The Hall–Kier alpha value is -3.22. The average Bonchev–Trinajstić information content (AvgIpc) is 3.18. The lowest BCUT2D eigenvalue weighted by atomic mass is 10.2. The van der Waals surface area contributed by atoms with Gasteiger partial charge in [0.15, 0.2) is 5.01 Å². The number of carboxylic acid groups (broad SMARTS) is 1. The van der Waals surface area contributed by atoms with E-state index < -0.39 is 5.97 Å². The Kier molecular flexibility index (Phi) is 6.37. The number of anilines is 1. The van der Waals surface area contributed by atoms with Crippen LogP contribution in [0.5, 0.6) is 11.5 Å². The number of nitrogens with zero attached hydrogens (tertiary/aromatic N) is 2. The molecule has 0 aliphatic rings. The first-order chi connectivity index (χ1) is 13.6. The molecule has 0 saturated heterocycles. The van der Waals surface area contributed by atoms with E-state index in [1.165, 1.54) is 42.5 Å². The van der Waals surface area contributed by atoms with E-state index in [1.54, 1.807) is 31.6 Å². The van der Waals surface area contributed by atoms with Crippen molar-refractivity contribution in [3.05, 3.63) is 58.2 Å². The van der Waals surface area contributed by atoms with Crippen molar-refractivity contribution in [2.24, 2.45) is 0 Å². The van der Waals surface area contributed by atoms with Crippen LogP contribution in [0.15, 0.2) is 47.1 Å². The summed E-state index contributed by atoms with van der Waals surface area (Å²) in [4.78, 5) is 19.6. The van der Waals surface area contributed by atoms with Crippen molar-refractivity contribution >= 4 is 34.9 Å². The Labute approximate surface area is 169 Å². The number of aromatic carboxylic acids is 1. The third kappa shape index (κ3) is 4.94. The summed E-state index contributed by atoms with van der Waals surface area (Å²) in [7, 11) is 3.07. The van der Waals surface area contributed by atoms with Crippen molar-refractivity contribution in [1.29, 1.82) is 0 Å². The summed E-state index contributed by atoms with van der Waals surface area (Å²) in [6.07, 6.45) is 3.28. The van der Waals surface area contributed by atoms with Crippen LogP contribution in [0.4, 0.5) is 5.69 Å². The zero-order valence-corrected chi connectivity index (χ0v) is 16.6. The fourth-order valence-electron chi connectivity index (χ4n) is 2.10. The number of thiazole rings is 1. The van der Waals surface area contributed by atoms with E-state index in [9.17, 15) is 4.79 Å². The topological polar surface area (TPSA) is 93.6 Å². The van der Waals surface area contributed by atoms with Gasteiger partial charge in [0.25, 0.3) is 0 Å². The van der Waals surface area contributed by atoms with Crippen molar-refractivity contribution in [3.8, 4) is 23.3 Å². The van der Waals surface area contributed by atoms with E-state index in [0.717, 1.165) is 10.6 Å². The average molecular weight is 413 g/mol. The largest absolute Gasteiger partial charge is 0.495 e. The molecule has 7 nitrogen and oxygen atoms in total. The van der Waals surface area contributed by atoms with E-state index in [4.69, 9.17) is 14.6 Å². The van der Waals surface area contributed by atoms with Crippen molar-refractivity contribution in [3.63, 3.8) is 0 Å². The highest BCUT2D eigenvalue weighted by Gasteiger charge is 2.10. The minimum absolute atomic E-state index is 0.158. The molecule has 142 valence electrons. The van der Waals surface area contributed by atoms with Crippen molar-refractivity contribution in [2.75, 3.05) is 18.9 Å². The monoisotopic (exact) mass is 413 g/mol. The Morgan fingerprint density at radius 3 is 2.82 bits per heavy atom. The highest BCUT2D eigenvalue weighted by Crippen LogP contribution is 2.30. The number of carbonyl (C=O) groups is 1. The first kappa shape index (κ1) is 19.5. The molecule has 0 bridgehead atoms. The van der Waals surface area contributed by atoms with Gasteiger partial charge in [0.2, 0.25) is 0 Å². The molecule has 0 amide bonds. The molecule has 0 radical (unpaired) electrons. The number of carboxylic acids is 1. The first-order valence-electron chi connectivity index (χ1n) is 7.90. The van der Waals surface area contributed by atoms with Gasteiger partial charge in [0.1, 0.15) is 16.5 Å². The van der Waals surface area contributed by atoms with Crippen LogP contribution in [0.25, 0.3) is 0 Å². The quantitative estimate of drug-likeness (QED) is 0.466. The van der Waals surface area contributed by atoms with Crippen LogP contribution in [-0.2, 0) is 0 Å². The normalized spacial score (nSPS) is 9.93. The number of benzene rings is 1. The first-order valence-corrected chi connectivity index (χ1v) is 9.59. The molecule has 0 aliphatic heterocycles. The van der Waals surface area contributed by atoms with Crippen LogP contribution in [0, 0.1) is 11.8 Å². The molecule has 2 N–H and O–H groups in total. The van der Waals surface area contributed by atoms with Crippen LogP contribution >= 0.6 is 23.3 Å². The molecule has 3 aromatic rings. The zero-order chi connectivity index (χ0) is 19.9. The summed E-state index contributed by atoms with van der Waals surface area (Å²) in [5, 5.41) is 12.3. The van der Waals surface area contributed by atoms with E-state index in [2.05, 4.69) is 26.5 Å². The minimum Gasteiger partial charge on any atom is -0.495 e. The molecular weight excluding hydrogens is 398 g/mol. The minimum atomic E-state index is -1.01. The van der Waals surface area contributed by atoms with Crippen LogP contribution in [0.3, 0.4) is 0 Å². The second-order valence-corrected chi connectivity index (χ2v) is 6.96. The standard InChI is InChI=1S/C19H15N3O4S2/c1-25-14-7-12(9-20-10-14)3-6-17-21-18(11-27-17)28-22-15-5-4-13(19(23)24)8-16(15)26-2/h4-5,7-11,22H,1-2H3,(H,23,24). The SMILES string of the molecule is COc1cncc(C#Cc2nc(SNc3ccc(C(=O)O)cc3OC)cs2)c1. The van der Waals surface area contributed by atoms with Gasteiger partial charge in [-0.15, -0.1) is 11.3 Å². The predicted octanol–water partition coefficient (Wildman–Crippen LogP) is 3.77. The molecule has 0 aliphatic carbocycles. The van der Waals surface area contributed by atoms with Gasteiger partial charge < -0.3 is 19.3 Å². The van der Waals surface area contributed by atoms with E-state index >= 15 is 0 Å². The summed E-state index contributed by atoms with van der Waals surface area (Å²) in [6, 6.07) is 6.43. The van der Waals surface area contributed by atoms with Gasteiger partial charge in [-0.25, -0.2) is 9.78 Å². The third-order valence-electron chi connectivity index (χ3n) is 3.46. The van der Waals surface area contributed by atoms with Gasteiger partial charge in [-0.2, -0.15) is 0 Å². The number of hydrogen-bond donors (Lipinski definition) is 2. The molecule has 3 rings (SSSR count). The van der Waals surface area contributed by atoms with Gasteiger partial charge in [-0.05, 0) is 30.2 Å². The van der Waals surface area contributed by atoms with Gasteiger partial charge in [0.05, 0.1) is 31.7 Å². The Morgan fingerprint density at radius 1 is 1.21 bits per heavy atom. The number of ether oxygens (including phenoxy) is 2. The smallest absolute Gasteiger partial charge is 0.335 e. The lowest BCUT2D eigenvalue weighted by molar-refractivity contribution is 0.0696. The number of nitrogens with one attached hydrogen (secondary N) is 1. The molecule has 0 atom stereocenters. The zero-order valence-electron chi connectivity index (χ0n) is 14.9. The van der Waals surface area contributed by atoms with Crippen LogP contribution in [0.2, 0.25) is 0 Å². The third-order valence-corrected chi connectivity index (χ3v) is 5.11. The van der Waals surface area contributed by atoms with Crippen molar-refractivity contribution in [2.45, 2.75) is 5.03 Å². The molecule has 2 heterocycles. The molecule has 2 aromatic heterocycles. The molecular formula is C19H15N3O4S2.